The predicted molar refractivity (Wildman–Crippen MR) is 68.0 cm³/mol. The minimum absolute atomic E-state index is 0.0402. The quantitative estimate of drug-likeness (QED) is 0.705. The van der Waals surface area contributed by atoms with E-state index in [-0.39, 0.29) is 10.3 Å². The fourth-order valence-corrected chi connectivity index (χ4v) is 2.38. The molecule has 1 fully saturated rings. The van der Waals surface area contributed by atoms with Crippen LogP contribution >= 0.6 is 0 Å². The summed E-state index contributed by atoms with van der Waals surface area (Å²) in [5.74, 6) is 0. The summed E-state index contributed by atoms with van der Waals surface area (Å²) in [5, 5.41) is 8.34. The molecule has 5 N–H and O–H groups in total. The van der Waals surface area contributed by atoms with Crippen LogP contribution in [0.25, 0.3) is 0 Å². The van der Waals surface area contributed by atoms with Crippen molar-refractivity contribution in [3.63, 3.8) is 0 Å². The van der Waals surface area contributed by atoms with Gasteiger partial charge in [-0.15, -0.1) is 0 Å². The summed E-state index contributed by atoms with van der Waals surface area (Å²) in [7, 11) is -3.71. The summed E-state index contributed by atoms with van der Waals surface area (Å²) in [6.45, 7) is 4.30. The molecule has 17 heavy (non-hydrogen) atoms. The molecule has 2 rings (SSSR count). The van der Waals surface area contributed by atoms with Crippen LogP contribution in [0.2, 0.25) is 0 Å². The molecular formula is C11H17N3O2S. The summed E-state index contributed by atoms with van der Waals surface area (Å²) < 4.78 is 22.5. The Bertz CT molecular complexity index is 552. The van der Waals surface area contributed by atoms with Crippen LogP contribution < -0.4 is 16.2 Å². The number of nitrogen functional groups attached to an aromatic ring is 1. The molecule has 0 saturated heterocycles. The van der Waals surface area contributed by atoms with Gasteiger partial charge in [0.1, 0.15) is 0 Å². The van der Waals surface area contributed by atoms with E-state index in [4.69, 9.17) is 10.9 Å². The number of rotatable bonds is 3. The van der Waals surface area contributed by atoms with E-state index in [1.165, 1.54) is 12.1 Å². The van der Waals surface area contributed by atoms with Crippen molar-refractivity contribution in [2.45, 2.75) is 31.2 Å². The number of anilines is 2. The topological polar surface area (TPSA) is 98.2 Å². The first kappa shape index (κ1) is 12.2. The Morgan fingerprint density at radius 1 is 1.35 bits per heavy atom. The van der Waals surface area contributed by atoms with Crippen molar-refractivity contribution in [1.29, 1.82) is 0 Å². The summed E-state index contributed by atoms with van der Waals surface area (Å²) in [5.41, 5.74) is 7.00. The van der Waals surface area contributed by atoms with Gasteiger partial charge in [-0.3, -0.25) is 0 Å². The number of hydrogen-bond donors (Lipinski definition) is 3. The molecule has 94 valence electrons. The van der Waals surface area contributed by atoms with Crippen molar-refractivity contribution in [3.8, 4) is 0 Å². The van der Waals surface area contributed by atoms with Gasteiger partial charge < -0.3 is 11.1 Å². The molecule has 0 radical (unpaired) electrons. The molecule has 6 heteroatoms. The fourth-order valence-electron chi connectivity index (χ4n) is 1.78. The maximum absolute atomic E-state index is 11.3. The first-order valence-electron chi connectivity index (χ1n) is 5.38. The molecule has 0 bridgehead atoms. The minimum atomic E-state index is -3.71. The first-order chi connectivity index (χ1) is 7.68. The zero-order valence-electron chi connectivity index (χ0n) is 9.90. The highest BCUT2D eigenvalue weighted by molar-refractivity contribution is 7.89. The molecule has 1 atom stereocenters. The normalized spacial score (nSPS) is 22.2. The van der Waals surface area contributed by atoms with E-state index in [2.05, 4.69) is 19.2 Å². The van der Waals surface area contributed by atoms with Gasteiger partial charge in [0.2, 0.25) is 10.0 Å². The Labute approximate surface area is 101 Å². The van der Waals surface area contributed by atoms with Crippen LogP contribution in [-0.4, -0.2) is 14.5 Å². The molecule has 1 aromatic carbocycles. The SMILES string of the molecule is CC1(C)CC1Nc1cc(N)cc(S(N)(=O)=O)c1. The van der Waals surface area contributed by atoms with Gasteiger partial charge in [-0.05, 0) is 30.0 Å². The van der Waals surface area contributed by atoms with Gasteiger partial charge in [0.15, 0.2) is 0 Å². The van der Waals surface area contributed by atoms with Crippen LogP contribution in [0.3, 0.4) is 0 Å². The number of primary sulfonamides is 1. The van der Waals surface area contributed by atoms with Crippen LogP contribution in [0.4, 0.5) is 11.4 Å². The molecule has 0 heterocycles. The summed E-state index contributed by atoms with van der Waals surface area (Å²) in [4.78, 5) is 0.0402. The number of sulfonamides is 1. The number of benzene rings is 1. The number of hydrogen-bond acceptors (Lipinski definition) is 4. The molecule has 0 aromatic heterocycles. The van der Waals surface area contributed by atoms with E-state index in [0.717, 1.165) is 6.42 Å². The predicted octanol–water partition coefficient (Wildman–Crippen LogP) is 1.13. The molecule has 1 saturated carbocycles. The average molecular weight is 255 g/mol. The van der Waals surface area contributed by atoms with Crippen LogP contribution in [0.5, 0.6) is 0 Å². The van der Waals surface area contributed by atoms with Gasteiger partial charge in [0, 0.05) is 17.4 Å². The van der Waals surface area contributed by atoms with Crippen molar-refractivity contribution in [3.05, 3.63) is 18.2 Å². The highest BCUT2D eigenvalue weighted by Gasteiger charge is 2.45. The van der Waals surface area contributed by atoms with Gasteiger partial charge in [-0.2, -0.15) is 0 Å². The second-order valence-corrected chi connectivity index (χ2v) is 6.79. The molecule has 0 spiro atoms. The Morgan fingerprint density at radius 3 is 2.41 bits per heavy atom. The van der Waals surface area contributed by atoms with Gasteiger partial charge in [0.05, 0.1) is 4.90 Å². The zero-order chi connectivity index (χ0) is 12.8. The van der Waals surface area contributed by atoms with Crippen molar-refractivity contribution >= 4 is 21.4 Å². The van der Waals surface area contributed by atoms with Crippen LogP contribution in [0, 0.1) is 5.41 Å². The average Bonchev–Trinajstić information content (AvgIpc) is 2.70. The lowest BCUT2D eigenvalue weighted by Gasteiger charge is -2.10. The van der Waals surface area contributed by atoms with Gasteiger partial charge in [-0.1, -0.05) is 13.8 Å². The lowest BCUT2D eigenvalue weighted by Crippen LogP contribution is -2.14. The third-order valence-corrected chi connectivity index (χ3v) is 4.00. The molecule has 1 aromatic rings. The molecule has 0 aliphatic heterocycles. The molecule has 1 aliphatic carbocycles. The monoisotopic (exact) mass is 255 g/mol. The van der Waals surface area contributed by atoms with Crippen LogP contribution in [-0.2, 0) is 10.0 Å². The number of nitrogens with two attached hydrogens (primary N) is 2. The molecule has 0 amide bonds. The largest absolute Gasteiger partial charge is 0.399 e. The summed E-state index contributed by atoms with van der Waals surface area (Å²) in [6.07, 6.45) is 1.06. The second kappa shape index (κ2) is 3.61. The van der Waals surface area contributed by atoms with E-state index >= 15 is 0 Å². The Hall–Kier alpha value is -1.27. The standard InChI is InChI=1S/C11H17N3O2S/c1-11(2)6-10(11)14-8-3-7(12)4-9(5-8)17(13,15)16/h3-5,10,14H,6,12H2,1-2H3,(H2,13,15,16). The molecule has 1 unspecified atom stereocenters. The van der Waals surface area contributed by atoms with Crippen molar-refractivity contribution in [2.24, 2.45) is 10.6 Å². The third-order valence-electron chi connectivity index (χ3n) is 3.11. The van der Waals surface area contributed by atoms with Crippen LogP contribution in [0.15, 0.2) is 23.1 Å². The first-order valence-corrected chi connectivity index (χ1v) is 6.93. The lowest BCUT2D eigenvalue weighted by atomic mass is 10.2. The highest BCUT2D eigenvalue weighted by atomic mass is 32.2. The number of nitrogens with one attached hydrogen (secondary N) is 1. The van der Waals surface area contributed by atoms with Crippen molar-refractivity contribution in [2.75, 3.05) is 11.1 Å². The summed E-state index contributed by atoms with van der Waals surface area (Å²) >= 11 is 0. The van der Waals surface area contributed by atoms with E-state index in [0.29, 0.717) is 17.4 Å². The summed E-state index contributed by atoms with van der Waals surface area (Å²) in [6, 6.07) is 4.94. The van der Waals surface area contributed by atoms with Gasteiger partial charge >= 0.3 is 0 Å². The molecule has 5 nitrogen and oxygen atoms in total. The molecular weight excluding hydrogens is 238 g/mol. The van der Waals surface area contributed by atoms with E-state index < -0.39 is 10.0 Å². The second-order valence-electron chi connectivity index (χ2n) is 5.23. The zero-order valence-corrected chi connectivity index (χ0v) is 10.7. The Kier molecular flexibility index (Phi) is 2.59. The Balaban J connectivity index is 2.27. The maximum Gasteiger partial charge on any atom is 0.238 e. The van der Waals surface area contributed by atoms with E-state index in [9.17, 15) is 8.42 Å². The van der Waals surface area contributed by atoms with Crippen molar-refractivity contribution in [1.82, 2.24) is 0 Å². The minimum Gasteiger partial charge on any atom is -0.399 e. The van der Waals surface area contributed by atoms with Crippen molar-refractivity contribution < 1.29 is 8.42 Å². The van der Waals surface area contributed by atoms with E-state index in [1.807, 2.05) is 0 Å². The smallest absolute Gasteiger partial charge is 0.238 e. The van der Waals surface area contributed by atoms with Crippen LogP contribution in [0.1, 0.15) is 20.3 Å². The third kappa shape index (κ3) is 2.70. The Morgan fingerprint density at radius 2 is 1.94 bits per heavy atom. The molecule has 1 aliphatic rings. The maximum atomic E-state index is 11.3. The highest BCUT2D eigenvalue weighted by Crippen LogP contribution is 2.46. The fraction of sp³-hybridized carbons (Fsp3) is 0.455. The van der Waals surface area contributed by atoms with Gasteiger partial charge in [-0.25, -0.2) is 13.6 Å². The van der Waals surface area contributed by atoms with Gasteiger partial charge in [0.25, 0.3) is 0 Å². The van der Waals surface area contributed by atoms with E-state index in [1.54, 1.807) is 6.07 Å². The lowest BCUT2D eigenvalue weighted by molar-refractivity contribution is 0.598.